The molecular weight excluding hydrogens is 314 g/mol. The molecule has 1 atom stereocenters. The number of rotatable bonds is 5. The summed E-state index contributed by atoms with van der Waals surface area (Å²) in [6, 6.07) is 3.78. The average molecular weight is 333 g/mol. The summed E-state index contributed by atoms with van der Waals surface area (Å²) in [5.74, 6) is 0.130. The molecule has 128 valence electrons. The Hall–Kier alpha value is -2.74. The van der Waals surface area contributed by atoms with Gasteiger partial charge in [-0.05, 0) is 17.7 Å². The van der Waals surface area contributed by atoms with E-state index in [2.05, 4.69) is 10.6 Å². The molecule has 3 rings (SSSR count). The van der Waals surface area contributed by atoms with E-state index in [4.69, 9.17) is 9.47 Å². The number of carbonyl (C=O) groups excluding carboxylic acids is 2. The lowest BCUT2D eigenvalue weighted by Crippen LogP contribution is -2.44. The van der Waals surface area contributed by atoms with Crippen LogP contribution in [-0.2, 0) is 9.53 Å². The molecule has 24 heavy (non-hydrogen) atoms. The van der Waals surface area contributed by atoms with Crippen LogP contribution < -0.4 is 15.4 Å². The van der Waals surface area contributed by atoms with Crippen LogP contribution in [0.15, 0.2) is 29.5 Å². The number of phenols is 1. The van der Waals surface area contributed by atoms with Gasteiger partial charge in [0.15, 0.2) is 11.5 Å². The maximum atomic E-state index is 12.7. The standard InChI is InChI=1S/C16H19N3O5/c1-23-6-5-19-8-10-13(15(19)21)14(18-16(22)17-10)9-3-4-11(20)12(7-9)24-2/h3-4,7,14,20H,5-6,8H2,1-2H3,(H2,17,18,22)/t14-/m1/s1. The summed E-state index contributed by atoms with van der Waals surface area (Å²) in [6.07, 6.45) is 0. The second kappa shape index (κ2) is 6.40. The van der Waals surface area contributed by atoms with Crippen LogP contribution in [0.4, 0.5) is 4.79 Å². The maximum Gasteiger partial charge on any atom is 0.319 e. The van der Waals surface area contributed by atoms with Crippen molar-refractivity contribution < 1.29 is 24.2 Å². The first kappa shape index (κ1) is 16.1. The fraction of sp³-hybridized carbons (Fsp3) is 0.375. The van der Waals surface area contributed by atoms with Gasteiger partial charge in [-0.25, -0.2) is 4.79 Å². The van der Waals surface area contributed by atoms with Crippen LogP contribution in [0.3, 0.4) is 0 Å². The fourth-order valence-corrected chi connectivity index (χ4v) is 2.93. The van der Waals surface area contributed by atoms with Crippen molar-refractivity contribution in [3.63, 3.8) is 0 Å². The molecule has 2 heterocycles. The predicted molar refractivity (Wildman–Crippen MR) is 84.5 cm³/mol. The Balaban J connectivity index is 1.94. The molecule has 0 unspecified atom stereocenters. The van der Waals surface area contributed by atoms with E-state index in [1.165, 1.54) is 13.2 Å². The second-order valence-electron chi connectivity index (χ2n) is 5.57. The normalized spacial score (nSPS) is 19.9. The van der Waals surface area contributed by atoms with Crippen LogP contribution in [0.1, 0.15) is 11.6 Å². The number of carbonyl (C=O) groups is 2. The van der Waals surface area contributed by atoms with E-state index in [0.29, 0.717) is 36.5 Å². The first-order valence-corrected chi connectivity index (χ1v) is 7.50. The number of amides is 3. The molecule has 1 aromatic carbocycles. The summed E-state index contributed by atoms with van der Waals surface area (Å²) in [5.41, 5.74) is 1.75. The Morgan fingerprint density at radius 1 is 1.33 bits per heavy atom. The minimum Gasteiger partial charge on any atom is -0.504 e. The average Bonchev–Trinajstić information content (AvgIpc) is 2.88. The monoisotopic (exact) mass is 333 g/mol. The molecule has 8 nitrogen and oxygen atoms in total. The van der Waals surface area contributed by atoms with E-state index in [-0.39, 0.29) is 23.4 Å². The zero-order valence-corrected chi connectivity index (χ0v) is 13.5. The zero-order valence-electron chi connectivity index (χ0n) is 13.5. The molecule has 3 N–H and O–H groups in total. The third-order valence-corrected chi connectivity index (χ3v) is 4.12. The lowest BCUT2D eigenvalue weighted by atomic mass is 9.96. The van der Waals surface area contributed by atoms with E-state index >= 15 is 0 Å². The Bertz CT molecular complexity index is 716. The molecule has 8 heteroatoms. The SMILES string of the molecule is COCCN1CC2=C(C1=O)[C@@H](c1ccc(O)c(OC)c1)NC(=O)N2. The Kier molecular flexibility index (Phi) is 4.30. The van der Waals surface area contributed by atoms with Crippen LogP contribution in [0.25, 0.3) is 0 Å². The molecular formula is C16H19N3O5. The summed E-state index contributed by atoms with van der Waals surface area (Å²) >= 11 is 0. The molecule has 0 aliphatic carbocycles. The first-order valence-electron chi connectivity index (χ1n) is 7.50. The van der Waals surface area contributed by atoms with Crippen LogP contribution in [-0.4, -0.2) is 55.9 Å². The number of urea groups is 1. The van der Waals surface area contributed by atoms with E-state index in [0.717, 1.165) is 0 Å². The highest BCUT2D eigenvalue weighted by Gasteiger charge is 2.40. The summed E-state index contributed by atoms with van der Waals surface area (Å²) in [4.78, 5) is 26.3. The molecule has 0 spiro atoms. The number of hydrogen-bond donors (Lipinski definition) is 3. The van der Waals surface area contributed by atoms with Crippen molar-refractivity contribution in [2.45, 2.75) is 6.04 Å². The first-order chi connectivity index (χ1) is 11.5. The van der Waals surface area contributed by atoms with Crippen molar-refractivity contribution >= 4 is 11.9 Å². The highest BCUT2D eigenvalue weighted by atomic mass is 16.5. The summed E-state index contributed by atoms with van der Waals surface area (Å²) < 4.78 is 10.1. The van der Waals surface area contributed by atoms with Gasteiger partial charge in [0.2, 0.25) is 0 Å². The minimum atomic E-state index is -0.594. The molecule has 0 fully saturated rings. The third-order valence-electron chi connectivity index (χ3n) is 4.12. The lowest BCUT2D eigenvalue weighted by Gasteiger charge is -2.26. The number of ether oxygens (including phenoxy) is 2. The van der Waals surface area contributed by atoms with Crippen molar-refractivity contribution in [2.75, 3.05) is 33.9 Å². The minimum absolute atomic E-state index is 0.00446. The van der Waals surface area contributed by atoms with Gasteiger partial charge in [0.05, 0.1) is 37.6 Å². The number of nitrogens with zero attached hydrogens (tertiary/aromatic N) is 1. The van der Waals surface area contributed by atoms with Gasteiger partial charge in [0.1, 0.15) is 0 Å². The molecule has 0 saturated heterocycles. The van der Waals surface area contributed by atoms with Gasteiger partial charge in [-0.15, -0.1) is 0 Å². The van der Waals surface area contributed by atoms with Gasteiger partial charge < -0.3 is 30.1 Å². The van der Waals surface area contributed by atoms with E-state index in [9.17, 15) is 14.7 Å². The van der Waals surface area contributed by atoms with Crippen LogP contribution in [0.5, 0.6) is 11.5 Å². The molecule has 1 aromatic rings. The number of nitrogens with one attached hydrogen (secondary N) is 2. The summed E-state index contributed by atoms with van der Waals surface area (Å²) in [7, 11) is 3.01. The van der Waals surface area contributed by atoms with Crippen molar-refractivity contribution in [1.82, 2.24) is 15.5 Å². The topological polar surface area (TPSA) is 100 Å². The van der Waals surface area contributed by atoms with Crippen molar-refractivity contribution in [2.24, 2.45) is 0 Å². The number of methoxy groups -OCH3 is 2. The number of aromatic hydroxyl groups is 1. The van der Waals surface area contributed by atoms with Gasteiger partial charge in [-0.2, -0.15) is 0 Å². The smallest absolute Gasteiger partial charge is 0.319 e. The third kappa shape index (κ3) is 2.76. The predicted octanol–water partition coefficient (Wildman–Crippen LogP) is 0.497. The van der Waals surface area contributed by atoms with Crippen molar-refractivity contribution in [3.8, 4) is 11.5 Å². The number of benzene rings is 1. The van der Waals surface area contributed by atoms with Gasteiger partial charge in [0, 0.05) is 13.7 Å². The highest BCUT2D eigenvalue weighted by molar-refractivity contribution is 6.01. The molecule has 0 aromatic heterocycles. The fourth-order valence-electron chi connectivity index (χ4n) is 2.93. The van der Waals surface area contributed by atoms with Gasteiger partial charge in [0.25, 0.3) is 5.91 Å². The van der Waals surface area contributed by atoms with E-state index in [1.54, 1.807) is 24.1 Å². The van der Waals surface area contributed by atoms with Crippen LogP contribution in [0.2, 0.25) is 0 Å². The second-order valence-corrected chi connectivity index (χ2v) is 5.57. The van der Waals surface area contributed by atoms with Crippen LogP contribution in [0, 0.1) is 0 Å². The maximum absolute atomic E-state index is 12.7. The van der Waals surface area contributed by atoms with Crippen molar-refractivity contribution in [1.29, 1.82) is 0 Å². The number of hydrogen-bond acceptors (Lipinski definition) is 5. The van der Waals surface area contributed by atoms with Crippen LogP contribution >= 0.6 is 0 Å². The Morgan fingerprint density at radius 2 is 2.12 bits per heavy atom. The quantitative estimate of drug-likeness (QED) is 0.728. The molecule has 3 amide bonds. The highest BCUT2D eigenvalue weighted by Crippen LogP contribution is 2.36. The van der Waals surface area contributed by atoms with Gasteiger partial charge >= 0.3 is 6.03 Å². The number of phenolic OH excluding ortho intramolecular Hbond substituents is 1. The van der Waals surface area contributed by atoms with E-state index < -0.39 is 6.04 Å². The Labute approximate surface area is 139 Å². The molecule has 0 saturated carbocycles. The molecule has 2 aliphatic rings. The summed E-state index contributed by atoms with van der Waals surface area (Å²) in [6.45, 7) is 1.21. The largest absolute Gasteiger partial charge is 0.504 e. The Morgan fingerprint density at radius 3 is 2.83 bits per heavy atom. The molecule has 2 aliphatic heterocycles. The van der Waals surface area contributed by atoms with Gasteiger partial charge in [-0.1, -0.05) is 6.07 Å². The van der Waals surface area contributed by atoms with Gasteiger partial charge in [-0.3, -0.25) is 4.79 Å². The zero-order chi connectivity index (χ0) is 17.3. The summed E-state index contributed by atoms with van der Waals surface area (Å²) in [5, 5.41) is 15.2. The lowest BCUT2D eigenvalue weighted by molar-refractivity contribution is -0.126. The molecule has 0 radical (unpaired) electrons. The molecule has 0 bridgehead atoms. The van der Waals surface area contributed by atoms with Crippen molar-refractivity contribution in [3.05, 3.63) is 35.0 Å². The van der Waals surface area contributed by atoms with E-state index in [1.807, 2.05) is 0 Å².